The molecular weight excluding hydrogens is 264 g/mol. The van der Waals surface area contributed by atoms with Crippen LogP contribution in [0.5, 0.6) is 0 Å². The Bertz CT molecular complexity index is 497. The summed E-state index contributed by atoms with van der Waals surface area (Å²) >= 11 is 0. The van der Waals surface area contributed by atoms with Gasteiger partial charge < -0.3 is 10.0 Å². The number of rotatable bonds is 4. The van der Waals surface area contributed by atoms with Gasteiger partial charge in [0.05, 0.1) is 17.1 Å². The summed E-state index contributed by atoms with van der Waals surface area (Å²) in [5.41, 5.74) is 2.06. The highest BCUT2D eigenvalue weighted by molar-refractivity contribution is 5.59. The van der Waals surface area contributed by atoms with Crippen molar-refractivity contribution in [3.8, 4) is 0 Å². The molecule has 1 fully saturated rings. The predicted molar refractivity (Wildman–Crippen MR) is 73.2 cm³/mol. The number of aromatic nitrogens is 2. The number of nitrogens with zero attached hydrogens (tertiary/aromatic N) is 4. The van der Waals surface area contributed by atoms with Crippen LogP contribution < -0.4 is 16.2 Å². The van der Waals surface area contributed by atoms with E-state index in [1.807, 2.05) is 0 Å². The zero-order valence-electron chi connectivity index (χ0n) is 11.2. The third-order valence-corrected chi connectivity index (χ3v) is 3.60. The maximum Gasteiger partial charge on any atom is 0.329 e. The molecule has 1 aliphatic rings. The molecule has 9 nitrogen and oxygen atoms in total. The van der Waals surface area contributed by atoms with Gasteiger partial charge in [-0.3, -0.25) is 15.5 Å². The van der Waals surface area contributed by atoms with E-state index < -0.39 is 11.0 Å². The Kier molecular flexibility index (Phi) is 4.30. The topological polar surface area (TPSA) is 130 Å². The average molecular weight is 282 g/mol. The van der Waals surface area contributed by atoms with Crippen molar-refractivity contribution in [3.05, 3.63) is 16.3 Å². The summed E-state index contributed by atoms with van der Waals surface area (Å²) in [4.78, 5) is 20.0. The first kappa shape index (κ1) is 14.4. The molecule has 1 saturated carbocycles. The Morgan fingerprint density at radius 2 is 2.25 bits per heavy atom. The van der Waals surface area contributed by atoms with Gasteiger partial charge in [-0.25, -0.2) is 10.8 Å². The number of nitrogens with two attached hydrogens (primary N) is 1. The van der Waals surface area contributed by atoms with Crippen molar-refractivity contribution in [3.63, 3.8) is 0 Å². The van der Waals surface area contributed by atoms with E-state index in [2.05, 4.69) is 15.4 Å². The molecule has 2 rings (SSSR count). The Morgan fingerprint density at radius 1 is 1.55 bits per heavy atom. The molecule has 0 radical (unpaired) electrons. The van der Waals surface area contributed by atoms with Crippen molar-refractivity contribution in [2.24, 2.45) is 5.84 Å². The maximum absolute atomic E-state index is 11.1. The number of nitrogens with one attached hydrogen (secondary N) is 1. The summed E-state index contributed by atoms with van der Waals surface area (Å²) in [5, 5.41) is 21.1. The van der Waals surface area contributed by atoms with Gasteiger partial charge in [0.25, 0.3) is 0 Å². The lowest BCUT2D eigenvalue weighted by Gasteiger charge is -2.35. The first-order valence-corrected chi connectivity index (χ1v) is 6.43. The van der Waals surface area contributed by atoms with E-state index in [1.165, 1.54) is 0 Å². The van der Waals surface area contributed by atoms with Crippen LogP contribution in [0.2, 0.25) is 0 Å². The van der Waals surface area contributed by atoms with Crippen LogP contribution in [0.3, 0.4) is 0 Å². The van der Waals surface area contributed by atoms with E-state index in [0.717, 1.165) is 25.5 Å². The first-order valence-electron chi connectivity index (χ1n) is 6.43. The molecule has 4 N–H and O–H groups in total. The van der Waals surface area contributed by atoms with E-state index in [1.54, 1.807) is 11.9 Å². The number of hydrogen-bond donors (Lipinski definition) is 3. The number of anilines is 2. The summed E-state index contributed by atoms with van der Waals surface area (Å²) in [5.74, 6) is 5.49. The third kappa shape index (κ3) is 2.78. The molecule has 1 aromatic rings. The number of nitro groups is 1. The van der Waals surface area contributed by atoms with Crippen molar-refractivity contribution < 1.29 is 10.0 Å². The second-order valence-electron chi connectivity index (χ2n) is 4.83. The molecule has 110 valence electrons. The number of hydrazine groups is 1. The zero-order chi connectivity index (χ0) is 14.7. The van der Waals surface area contributed by atoms with Crippen LogP contribution in [0.1, 0.15) is 25.7 Å². The SMILES string of the molecule is CN(c1nc(NN)ncc1[N+](=O)[O-])C1CCCCC1O. The smallest absolute Gasteiger partial charge is 0.329 e. The van der Waals surface area contributed by atoms with Crippen LogP contribution >= 0.6 is 0 Å². The minimum Gasteiger partial charge on any atom is -0.391 e. The molecular formula is C11H18N6O3. The fourth-order valence-corrected chi connectivity index (χ4v) is 2.52. The molecule has 0 spiro atoms. The summed E-state index contributed by atoms with van der Waals surface area (Å²) in [6.45, 7) is 0. The molecule has 2 atom stereocenters. The highest BCUT2D eigenvalue weighted by Crippen LogP contribution is 2.31. The molecule has 0 aliphatic heterocycles. The lowest BCUT2D eigenvalue weighted by molar-refractivity contribution is -0.384. The van der Waals surface area contributed by atoms with Crippen molar-refractivity contribution in [2.45, 2.75) is 37.8 Å². The molecule has 9 heteroatoms. The summed E-state index contributed by atoms with van der Waals surface area (Å²) in [6, 6.07) is -0.192. The van der Waals surface area contributed by atoms with Crippen LogP contribution in [-0.2, 0) is 0 Å². The molecule has 0 amide bonds. The molecule has 20 heavy (non-hydrogen) atoms. The fourth-order valence-electron chi connectivity index (χ4n) is 2.52. The molecule has 0 aromatic carbocycles. The second kappa shape index (κ2) is 5.97. The molecule has 1 heterocycles. The number of likely N-dealkylation sites (N-methyl/N-ethyl adjacent to an activating group) is 1. The van der Waals surface area contributed by atoms with Gasteiger partial charge in [0, 0.05) is 7.05 Å². The van der Waals surface area contributed by atoms with Gasteiger partial charge in [0.1, 0.15) is 6.20 Å². The zero-order valence-corrected chi connectivity index (χ0v) is 11.2. The number of hydrogen-bond acceptors (Lipinski definition) is 8. The normalized spacial score (nSPS) is 22.4. The van der Waals surface area contributed by atoms with Gasteiger partial charge in [-0.05, 0) is 12.8 Å². The lowest BCUT2D eigenvalue weighted by Crippen LogP contribution is -2.44. The van der Waals surface area contributed by atoms with E-state index >= 15 is 0 Å². The Balaban J connectivity index is 2.35. The van der Waals surface area contributed by atoms with Crippen molar-refractivity contribution in [2.75, 3.05) is 17.4 Å². The van der Waals surface area contributed by atoms with E-state index in [4.69, 9.17) is 5.84 Å². The Labute approximate surface area is 115 Å². The van der Waals surface area contributed by atoms with Crippen LogP contribution in [0, 0.1) is 10.1 Å². The van der Waals surface area contributed by atoms with Gasteiger partial charge in [-0.2, -0.15) is 4.98 Å². The van der Waals surface area contributed by atoms with Crippen LogP contribution in [0.25, 0.3) is 0 Å². The van der Waals surface area contributed by atoms with Gasteiger partial charge in [0.15, 0.2) is 0 Å². The van der Waals surface area contributed by atoms with Gasteiger partial charge in [-0.1, -0.05) is 12.8 Å². The number of nitrogen functional groups attached to an aromatic ring is 1. The van der Waals surface area contributed by atoms with Gasteiger partial charge in [-0.15, -0.1) is 0 Å². The van der Waals surface area contributed by atoms with Crippen molar-refractivity contribution in [1.29, 1.82) is 0 Å². The summed E-state index contributed by atoms with van der Waals surface area (Å²) in [6.07, 6.45) is 4.00. The standard InChI is InChI=1S/C11H18N6O3/c1-16(7-4-2-3-5-9(7)18)10-8(17(19)20)6-13-11(14-10)15-12/h6-7,9,18H,2-5,12H2,1H3,(H,13,14,15). The van der Waals surface area contributed by atoms with Crippen LogP contribution in [0.15, 0.2) is 6.20 Å². The number of aliphatic hydroxyl groups is 1. The highest BCUT2D eigenvalue weighted by atomic mass is 16.6. The van der Waals surface area contributed by atoms with Gasteiger partial charge >= 0.3 is 5.69 Å². The second-order valence-corrected chi connectivity index (χ2v) is 4.83. The van der Waals surface area contributed by atoms with Crippen molar-refractivity contribution >= 4 is 17.5 Å². The monoisotopic (exact) mass is 282 g/mol. The fraction of sp³-hybridized carbons (Fsp3) is 0.636. The Morgan fingerprint density at radius 3 is 2.85 bits per heavy atom. The van der Waals surface area contributed by atoms with Crippen LogP contribution in [0.4, 0.5) is 17.5 Å². The summed E-state index contributed by atoms with van der Waals surface area (Å²) < 4.78 is 0. The Hall–Kier alpha value is -2.00. The third-order valence-electron chi connectivity index (χ3n) is 3.60. The van der Waals surface area contributed by atoms with E-state index in [-0.39, 0.29) is 23.5 Å². The maximum atomic E-state index is 11.1. The predicted octanol–water partition coefficient (Wildman–Crippen LogP) is 0.410. The van der Waals surface area contributed by atoms with Crippen LogP contribution in [-0.4, -0.2) is 39.2 Å². The minimum absolute atomic E-state index is 0.0998. The lowest BCUT2D eigenvalue weighted by atomic mass is 9.91. The van der Waals surface area contributed by atoms with E-state index in [9.17, 15) is 15.2 Å². The quantitative estimate of drug-likeness (QED) is 0.411. The van der Waals surface area contributed by atoms with E-state index in [0.29, 0.717) is 6.42 Å². The largest absolute Gasteiger partial charge is 0.391 e. The molecule has 0 bridgehead atoms. The van der Waals surface area contributed by atoms with Crippen molar-refractivity contribution in [1.82, 2.24) is 9.97 Å². The molecule has 1 aliphatic carbocycles. The molecule has 2 unspecified atom stereocenters. The molecule has 1 aromatic heterocycles. The molecule has 0 saturated heterocycles. The first-order chi connectivity index (χ1) is 9.54. The van der Waals surface area contributed by atoms with Gasteiger partial charge in [0.2, 0.25) is 11.8 Å². The minimum atomic E-state index is -0.540. The average Bonchev–Trinajstić information content (AvgIpc) is 2.46. The number of aliphatic hydroxyl groups excluding tert-OH is 1. The highest BCUT2D eigenvalue weighted by Gasteiger charge is 2.31. The summed E-state index contributed by atoms with van der Waals surface area (Å²) in [7, 11) is 1.69.